The highest BCUT2D eigenvalue weighted by Crippen LogP contribution is 2.53. The SMILES string of the molecule is C=C(C)[C@@H]1C=C([Si](C)(C)C)[C@]2(C)O[C@@H]2C1. The van der Waals surface area contributed by atoms with Crippen molar-refractivity contribution < 1.29 is 4.74 Å². The average Bonchev–Trinajstić information content (AvgIpc) is 2.71. The Hall–Kier alpha value is -0.343. The molecule has 0 unspecified atom stereocenters. The quantitative estimate of drug-likeness (QED) is 0.395. The van der Waals surface area contributed by atoms with Crippen LogP contribution < -0.4 is 0 Å². The fourth-order valence-corrected chi connectivity index (χ4v) is 5.19. The largest absolute Gasteiger partial charge is 0.362 e. The molecule has 1 aliphatic carbocycles. The molecule has 1 aliphatic heterocycles. The Balaban J connectivity index is 2.35. The number of allylic oxidation sites excluding steroid dienone is 2. The summed E-state index contributed by atoms with van der Waals surface area (Å²) in [6.45, 7) is 15.7. The van der Waals surface area contributed by atoms with Crippen LogP contribution in [0, 0.1) is 5.92 Å². The van der Waals surface area contributed by atoms with E-state index in [0.717, 1.165) is 6.42 Å². The zero-order valence-electron chi connectivity index (χ0n) is 10.6. The van der Waals surface area contributed by atoms with Crippen LogP contribution >= 0.6 is 0 Å². The van der Waals surface area contributed by atoms with Crippen LogP contribution in [0.2, 0.25) is 19.6 Å². The Bertz CT molecular complexity index is 337. The van der Waals surface area contributed by atoms with Crippen LogP contribution in [-0.2, 0) is 4.74 Å². The molecule has 1 heterocycles. The van der Waals surface area contributed by atoms with Gasteiger partial charge in [-0.15, -0.1) is 0 Å². The zero-order valence-corrected chi connectivity index (χ0v) is 11.6. The van der Waals surface area contributed by atoms with Crippen LogP contribution in [0.5, 0.6) is 0 Å². The van der Waals surface area contributed by atoms with Crippen molar-refractivity contribution in [3.8, 4) is 0 Å². The lowest BCUT2D eigenvalue weighted by Crippen LogP contribution is -2.37. The normalized spacial score (nSPS) is 39.4. The molecule has 0 saturated carbocycles. The maximum atomic E-state index is 5.91. The van der Waals surface area contributed by atoms with Crippen LogP contribution in [0.25, 0.3) is 0 Å². The molecule has 2 heteroatoms. The summed E-state index contributed by atoms with van der Waals surface area (Å²) in [5, 5.41) is 1.60. The highest BCUT2D eigenvalue weighted by Gasteiger charge is 2.59. The Morgan fingerprint density at radius 1 is 1.53 bits per heavy atom. The van der Waals surface area contributed by atoms with Crippen LogP contribution in [0.4, 0.5) is 0 Å². The van der Waals surface area contributed by atoms with Crippen molar-refractivity contribution in [2.45, 2.75) is 51.6 Å². The molecule has 1 saturated heterocycles. The lowest BCUT2D eigenvalue weighted by molar-refractivity contribution is 0.336. The smallest absolute Gasteiger partial charge is 0.110 e. The third kappa shape index (κ3) is 1.74. The summed E-state index contributed by atoms with van der Waals surface area (Å²) in [5.74, 6) is 0.548. The molecular weight excluding hydrogens is 200 g/mol. The minimum atomic E-state index is -1.24. The van der Waals surface area contributed by atoms with E-state index >= 15 is 0 Å². The van der Waals surface area contributed by atoms with Gasteiger partial charge in [-0.05, 0) is 26.2 Å². The van der Waals surface area contributed by atoms with Crippen molar-refractivity contribution in [1.29, 1.82) is 0 Å². The summed E-state index contributed by atoms with van der Waals surface area (Å²) in [7, 11) is -1.24. The van der Waals surface area contributed by atoms with E-state index in [1.165, 1.54) is 5.57 Å². The summed E-state index contributed by atoms with van der Waals surface area (Å²) in [5.41, 5.74) is 1.37. The Kier molecular flexibility index (Phi) is 2.29. The number of fused-ring (bicyclic) bond motifs is 1. The maximum Gasteiger partial charge on any atom is 0.110 e. The average molecular weight is 222 g/mol. The Morgan fingerprint density at radius 2 is 2.13 bits per heavy atom. The molecule has 2 aliphatic rings. The predicted octanol–water partition coefficient (Wildman–Crippen LogP) is 3.54. The minimum Gasteiger partial charge on any atom is -0.362 e. The van der Waals surface area contributed by atoms with E-state index in [4.69, 9.17) is 4.74 Å². The van der Waals surface area contributed by atoms with Gasteiger partial charge in [0.05, 0.1) is 14.2 Å². The lowest BCUT2D eigenvalue weighted by atomic mass is 9.86. The molecular formula is C13H22OSi. The topological polar surface area (TPSA) is 12.5 Å². The summed E-state index contributed by atoms with van der Waals surface area (Å²) in [4.78, 5) is 0. The van der Waals surface area contributed by atoms with E-state index in [1.807, 2.05) is 0 Å². The molecule has 0 aromatic carbocycles. The molecule has 2 rings (SSSR count). The van der Waals surface area contributed by atoms with Crippen molar-refractivity contribution in [2.75, 3.05) is 0 Å². The first kappa shape index (κ1) is 11.2. The number of rotatable bonds is 2. The second-order valence-corrected chi connectivity index (χ2v) is 11.3. The van der Waals surface area contributed by atoms with Crippen molar-refractivity contribution in [1.82, 2.24) is 0 Å². The van der Waals surface area contributed by atoms with E-state index in [1.54, 1.807) is 5.20 Å². The van der Waals surface area contributed by atoms with Gasteiger partial charge in [-0.25, -0.2) is 0 Å². The first-order valence-corrected chi connectivity index (χ1v) is 9.31. The van der Waals surface area contributed by atoms with Crippen LogP contribution in [0.3, 0.4) is 0 Å². The predicted molar refractivity (Wildman–Crippen MR) is 67.6 cm³/mol. The van der Waals surface area contributed by atoms with Crippen molar-refractivity contribution in [2.24, 2.45) is 5.92 Å². The summed E-state index contributed by atoms with van der Waals surface area (Å²) >= 11 is 0. The van der Waals surface area contributed by atoms with Gasteiger partial charge in [-0.2, -0.15) is 0 Å². The highest BCUT2D eigenvalue weighted by molar-refractivity contribution is 6.83. The summed E-state index contributed by atoms with van der Waals surface area (Å²) < 4.78 is 5.91. The number of hydrogen-bond acceptors (Lipinski definition) is 1. The second kappa shape index (κ2) is 3.08. The van der Waals surface area contributed by atoms with Gasteiger partial charge >= 0.3 is 0 Å². The van der Waals surface area contributed by atoms with Crippen molar-refractivity contribution in [3.05, 3.63) is 23.4 Å². The molecule has 1 fully saturated rings. The first-order valence-electron chi connectivity index (χ1n) is 5.81. The number of hydrogen-bond donors (Lipinski definition) is 0. The second-order valence-electron chi connectivity index (χ2n) is 6.23. The van der Waals surface area contributed by atoms with Gasteiger partial charge in [0, 0.05) is 0 Å². The van der Waals surface area contributed by atoms with Gasteiger partial charge in [-0.1, -0.05) is 43.1 Å². The standard InChI is InChI=1S/C13H22OSi/c1-9(2)10-7-11-13(3,14-11)12(8-10)15(4,5)6/h8,10-11H,1,7H2,2-6H3/t10-,11+,13+/m0/s1. The lowest BCUT2D eigenvalue weighted by Gasteiger charge is -2.30. The first-order chi connectivity index (χ1) is 6.75. The van der Waals surface area contributed by atoms with E-state index in [-0.39, 0.29) is 5.60 Å². The Labute approximate surface area is 94.2 Å². The van der Waals surface area contributed by atoms with E-state index in [9.17, 15) is 0 Å². The minimum absolute atomic E-state index is 0.0937. The van der Waals surface area contributed by atoms with Crippen molar-refractivity contribution in [3.63, 3.8) is 0 Å². The molecule has 1 nitrogen and oxygen atoms in total. The van der Waals surface area contributed by atoms with Crippen molar-refractivity contribution >= 4 is 8.07 Å². The fraction of sp³-hybridized carbons (Fsp3) is 0.692. The third-order valence-corrected chi connectivity index (χ3v) is 6.03. The maximum absolute atomic E-state index is 5.91. The van der Waals surface area contributed by atoms with Gasteiger partial charge < -0.3 is 4.74 Å². The summed E-state index contributed by atoms with van der Waals surface area (Å²) in [6.07, 6.45) is 4.06. The van der Waals surface area contributed by atoms with E-state index in [2.05, 4.69) is 46.1 Å². The number of ether oxygens (including phenoxy) is 1. The molecule has 0 bridgehead atoms. The van der Waals surface area contributed by atoms with Gasteiger partial charge in [-0.3, -0.25) is 0 Å². The van der Waals surface area contributed by atoms with Gasteiger partial charge in [0.25, 0.3) is 0 Å². The molecule has 0 aromatic heterocycles. The Morgan fingerprint density at radius 3 is 2.60 bits per heavy atom. The number of epoxide rings is 1. The molecule has 0 amide bonds. The van der Waals surface area contributed by atoms with Gasteiger partial charge in [0.1, 0.15) is 5.60 Å². The molecule has 0 spiro atoms. The van der Waals surface area contributed by atoms with E-state index in [0.29, 0.717) is 12.0 Å². The summed E-state index contributed by atoms with van der Waals surface area (Å²) in [6, 6.07) is 0. The molecule has 3 atom stereocenters. The van der Waals surface area contributed by atoms with Gasteiger partial charge in [0.15, 0.2) is 0 Å². The van der Waals surface area contributed by atoms with Gasteiger partial charge in [0.2, 0.25) is 0 Å². The highest BCUT2D eigenvalue weighted by atomic mass is 28.3. The molecule has 84 valence electrons. The zero-order chi connectivity index (χ0) is 11.4. The van der Waals surface area contributed by atoms with E-state index < -0.39 is 8.07 Å². The van der Waals surface area contributed by atoms with Crippen LogP contribution in [0.15, 0.2) is 23.4 Å². The van der Waals surface area contributed by atoms with Crippen LogP contribution in [-0.4, -0.2) is 19.8 Å². The fourth-order valence-electron chi connectivity index (χ4n) is 2.77. The molecule has 0 N–H and O–H groups in total. The molecule has 15 heavy (non-hydrogen) atoms. The monoisotopic (exact) mass is 222 g/mol. The molecule has 0 aromatic rings. The third-order valence-electron chi connectivity index (χ3n) is 3.76. The van der Waals surface area contributed by atoms with Crippen LogP contribution in [0.1, 0.15) is 20.3 Å². The molecule has 0 radical (unpaired) electrons.